The fourth-order valence-electron chi connectivity index (χ4n) is 1.61. The van der Waals surface area contributed by atoms with E-state index < -0.39 is 0 Å². The quantitative estimate of drug-likeness (QED) is 0.545. The molecule has 0 radical (unpaired) electrons. The molecular formula is C15H24N2O2. The number of Topliss-reactive ketones (excluding diaryl/α,β-unsaturated/α-hetero) is 1. The number of rotatable bonds is 9. The summed E-state index contributed by atoms with van der Waals surface area (Å²) in [5.41, 5.74) is 0.749. The van der Waals surface area contributed by atoms with Crippen molar-refractivity contribution >= 4 is 5.78 Å². The first kappa shape index (κ1) is 15.7. The molecule has 19 heavy (non-hydrogen) atoms. The summed E-state index contributed by atoms with van der Waals surface area (Å²) in [4.78, 5) is 13.6. The molecule has 0 spiro atoms. The van der Waals surface area contributed by atoms with Gasteiger partial charge in [0.05, 0.1) is 0 Å². The minimum Gasteiger partial charge on any atom is -0.492 e. The Morgan fingerprint density at radius 3 is 2.47 bits per heavy atom. The Hall–Kier alpha value is -1.39. The molecule has 4 nitrogen and oxygen atoms in total. The molecule has 0 aliphatic carbocycles. The van der Waals surface area contributed by atoms with E-state index in [0.717, 1.165) is 30.9 Å². The second kappa shape index (κ2) is 8.67. The van der Waals surface area contributed by atoms with Crippen molar-refractivity contribution < 1.29 is 9.53 Å². The van der Waals surface area contributed by atoms with E-state index >= 15 is 0 Å². The normalized spacial score (nSPS) is 10.7. The topological polar surface area (TPSA) is 41.6 Å². The molecule has 4 heteroatoms. The molecular weight excluding hydrogens is 240 g/mol. The molecule has 0 atom stereocenters. The highest BCUT2D eigenvalue weighted by Crippen LogP contribution is 2.13. The number of carbonyl (C=O) groups is 1. The van der Waals surface area contributed by atoms with Gasteiger partial charge in [-0.2, -0.15) is 0 Å². The summed E-state index contributed by atoms with van der Waals surface area (Å²) < 4.78 is 5.59. The van der Waals surface area contributed by atoms with Crippen LogP contribution in [0.5, 0.6) is 5.75 Å². The standard InChI is InChI=1S/C15H24N2O2/c1-4-15(18)13-5-7-14(8-6-13)19-12-10-16-9-11-17(2)3/h5-8,16H,4,9-12H2,1-3H3. The average Bonchev–Trinajstić information content (AvgIpc) is 2.42. The van der Waals surface area contributed by atoms with Gasteiger partial charge in [0.1, 0.15) is 12.4 Å². The molecule has 0 saturated carbocycles. The van der Waals surface area contributed by atoms with Crippen molar-refractivity contribution in [1.82, 2.24) is 10.2 Å². The number of hydrogen-bond donors (Lipinski definition) is 1. The van der Waals surface area contributed by atoms with Crippen molar-refractivity contribution in [3.8, 4) is 5.75 Å². The van der Waals surface area contributed by atoms with Crippen LogP contribution in [0.3, 0.4) is 0 Å². The van der Waals surface area contributed by atoms with Crippen molar-refractivity contribution in [3.05, 3.63) is 29.8 Å². The second-order valence-corrected chi connectivity index (χ2v) is 4.70. The number of nitrogens with zero attached hydrogens (tertiary/aromatic N) is 1. The Labute approximate surface area is 115 Å². The van der Waals surface area contributed by atoms with Crippen LogP contribution in [0.15, 0.2) is 24.3 Å². The van der Waals surface area contributed by atoms with Gasteiger partial charge in [-0.1, -0.05) is 6.92 Å². The highest BCUT2D eigenvalue weighted by Gasteiger charge is 2.02. The van der Waals surface area contributed by atoms with Gasteiger partial charge in [0.25, 0.3) is 0 Å². The zero-order valence-corrected chi connectivity index (χ0v) is 12.1. The van der Waals surface area contributed by atoms with Crippen LogP contribution >= 0.6 is 0 Å². The van der Waals surface area contributed by atoms with Crippen LogP contribution in [0.4, 0.5) is 0 Å². The SMILES string of the molecule is CCC(=O)c1ccc(OCCNCCN(C)C)cc1. The van der Waals surface area contributed by atoms with Gasteiger partial charge in [-0.3, -0.25) is 4.79 Å². The van der Waals surface area contributed by atoms with E-state index in [0.29, 0.717) is 13.0 Å². The molecule has 0 aromatic heterocycles. The van der Waals surface area contributed by atoms with E-state index in [4.69, 9.17) is 4.74 Å². The number of ether oxygens (including phenoxy) is 1. The lowest BCUT2D eigenvalue weighted by molar-refractivity contribution is 0.0988. The molecule has 1 rings (SSSR count). The Morgan fingerprint density at radius 1 is 1.21 bits per heavy atom. The van der Waals surface area contributed by atoms with Crippen LogP contribution in [0.25, 0.3) is 0 Å². The predicted molar refractivity (Wildman–Crippen MR) is 78.0 cm³/mol. The van der Waals surface area contributed by atoms with E-state index in [1.54, 1.807) is 0 Å². The molecule has 0 heterocycles. The van der Waals surface area contributed by atoms with Gasteiger partial charge in [0.2, 0.25) is 0 Å². The number of ketones is 1. The van der Waals surface area contributed by atoms with Crippen molar-refractivity contribution in [2.45, 2.75) is 13.3 Å². The largest absolute Gasteiger partial charge is 0.492 e. The lowest BCUT2D eigenvalue weighted by atomic mass is 10.1. The molecule has 106 valence electrons. The first-order chi connectivity index (χ1) is 9.13. The summed E-state index contributed by atoms with van der Waals surface area (Å²) >= 11 is 0. The van der Waals surface area contributed by atoms with Crippen LogP contribution in [0.1, 0.15) is 23.7 Å². The van der Waals surface area contributed by atoms with Gasteiger partial charge in [0, 0.05) is 31.6 Å². The molecule has 0 bridgehead atoms. The van der Waals surface area contributed by atoms with Crippen LogP contribution in [-0.4, -0.2) is 51.0 Å². The van der Waals surface area contributed by atoms with E-state index in [9.17, 15) is 4.79 Å². The third-order valence-corrected chi connectivity index (χ3v) is 2.78. The fourth-order valence-corrected chi connectivity index (χ4v) is 1.61. The maximum atomic E-state index is 11.5. The maximum Gasteiger partial charge on any atom is 0.162 e. The minimum absolute atomic E-state index is 0.164. The summed E-state index contributed by atoms with van der Waals surface area (Å²) in [6.45, 7) is 5.30. The van der Waals surface area contributed by atoms with Gasteiger partial charge >= 0.3 is 0 Å². The summed E-state index contributed by atoms with van der Waals surface area (Å²) in [5.74, 6) is 0.971. The molecule has 0 aliphatic heterocycles. The second-order valence-electron chi connectivity index (χ2n) is 4.70. The highest BCUT2D eigenvalue weighted by molar-refractivity contribution is 5.95. The number of carbonyl (C=O) groups excluding carboxylic acids is 1. The summed E-state index contributed by atoms with van der Waals surface area (Å²) in [5, 5.41) is 3.30. The van der Waals surface area contributed by atoms with Crippen molar-refractivity contribution in [2.75, 3.05) is 40.3 Å². The van der Waals surface area contributed by atoms with Crippen LogP contribution < -0.4 is 10.1 Å². The van der Waals surface area contributed by atoms with Gasteiger partial charge in [-0.05, 0) is 38.4 Å². The lowest BCUT2D eigenvalue weighted by Gasteiger charge is -2.11. The fraction of sp³-hybridized carbons (Fsp3) is 0.533. The van der Waals surface area contributed by atoms with Crippen LogP contribution in [-0.2, 0) is 0 Å². The zero-order chi connectivity index (χ0) is 14.1. The number of likely N-dealkylation sites (N-methyl/N-ethyl adjacent to an activating group) is 1. The van der Waals surface area contributed by atoms with Gasteiger partial charge < -0.3 is 15.0 Å². The average molecular weight is 264 g/mol. The van der Waals surface area contributed by atoms with Crippen molar-refractivity contribution in [3.63, 3.8) is 0 Å². The van der Waals surface area contributed by atoms with Gasteiger partial charge in [0.15, 0.2) is 5.78 Å². The number of hydrogen-bond acceptors (Lipinski definition) is 4. The summed E-state index contributed by atoms with van der Waals surface area (Å²) in [6.07, 6.45) is 0.538. The Bertz CT molecular complexity index is 374. The highest BCUT2D eigenvalue weighted by atomic mass is 16.5. The third kappa shape index (κ3) is 6.36. The molecule has 0 unspecified atom stereocenters. The molecule has 0 aliphatic rings. The van der Waals surface area contributed by atoms with Gasteiger partial charge in [-0.25, -0.2) is 0 Å². The molecule has 1 aromatic rings. The smallest absolute Gasteiger partial charge is 0.162 e. The maximum absolute atomic E-state index is 11.5. The molecule has 0 amide bonds. The third-order valence-electron chi connectivity index (χ3n) is 2.78. The van der Waals surface area contributed by atoms with Crippen LogP contribution in [0, 0.1) is 0 Å². The summed E-state index contributed by atoms with van der Waals surface area (Å²) in [6, 6.07) is 7.34. The van der Waals surface area contributed by atoms with E-state index in [1.165, 1.54) is 0 Å². The van der Waals surface area contributed by atoms with Crippen molar-refractivity contribution in [2.24, 2.45) is 0 Å². The predicted octanol–water partition coefficient (Wildman–Crippen LogP) is 1.81. The van der Waals surface area contributed by atoms with E-state index in [1.807, 2.05) is 31.2 Å². The molecule has 1 aromatic carbocycles. The first-order valence-electron chi connectivity index (χ1n) is 6.75. The van der Waals surface area contributed by atoms with E-state index in [-0.39, 0.29) is 5.78 Å². The molecule has 0 fully saturated rings. The van der Waals surface area contributed by atoms with Crippen LogP contribution in [0.2, 0.25) is 0 Å². The zero-order valence-electron chi connectivity index (χ0n) is 12.1. The molecule has 1 N–H and O–H groups in total. The van der Waals surface area contributed by atoms with E-state index in [2.05, 4.69) is 24.3 Å². The lowest BCUT2D eigenvalue weighted by Crippen LogP contribution is -2.29. The number of benzene rings is 1. The first-order valence-corrected chi connectivity index (χ1v) is 6.75. The van der Waals surface area contributed by atoms with Crippen molar-refractivity contribution in [1.29, 1.82) is 0 Å². The minimum atomic E-state index is 0.164. The summed E-state index contributed by atoms with van der Waals surface area (Å²) in [7, 11) is 4.11. The molecule has 0 saturated heterocycles. The monoisotopic (exact) mass is 264 g/mol. The Balaban J connectivity index is 2.21. The van der Waals surface area contributed by atoms with Gasteiger partial charge in [-0.15, -0.1) is 0 Å². The Morgan fingerprint density at radius 2 is 1.89 bits per heavy atom. The number of nitrogens with one attached hydrogen (secondary N) is 1. The Kier molecular flexibility index (Phi) is 7.15.